The van der Waals surface area contributed by atoms with Gasteiger partial charge in [0, 0.05) is 19.0 Å². The largest absolute Gasteiger partial charge is 0.314 e. The highest BCUT2D eigenvalue weighted by Crippen LogP contribution is 2.14. The predicted octanol–water partition coefficient (Wildman–Crippen LogP) is 2.28. The van der Waals surface area contributed by atoms with Gasteiger partial charge in [-0.05, 0) is 26.2 Å². The minimum atomic E-state index is 0.575. The van der Waals surface area contributed by atoms with Crippen molar-refractivity contribution in [3.05, 3.63) is 11.6 Å². The number of hydrogen-bond acceptors (Lipinski definition) is 3. The van der Waals surface area contributed by atoms with Gasteiger partial charge in [0.05, 0.1) is 6.54 Å². The fraction of sp³-hybridized carbons (Fsp3) is 0.846. The summed E-state index contributed by atoms with van der Waals surface area (Å²) in [6.07, 6.45) is 7.44. The van der Waals surface area contributed by atoms with E-state index in [1.165, 1.54) is 37.9 Å². The zero-order chi connectivity index (χ0) is 12.1. The molecule has 17 heavy (non-hydrogen) atoms. The highest BCUT2D eigenvalue weighted by atomic mass is 15.3. The second kappa shape index (κ2) is 6.15. The third-order valence-corrected chi connectivity index (χ3v) is 3.54. The van der Waals surface area contributed by atoms with Crippen LogP contribution in [0, 0.1) is 0 Å². The van der Waals surface area contributed by atoms with E-state index in [1.54, 1.807) is 0 Å². The molecule has 4 nitrogen and oxygen atoms in total. The lowest BCUT2D eigenvalue weighted by molar-refractivity contribution is 0.459. The van der Waals surface area contributed by atoms with Gasteiger partial charge in [-0.15, -0.1) is 10.2 Å². The average molecular weight is 236 g/mol. The van der Waals surface area contributed by atoms with Crippen LogP contribution in [0.25, 0.3) is 0 Å². The number of nitrogens with one attached hydrogen (secondary N) is 1. The molecule has 4 heteroatoms. The summed E-state index contributed by atoms with van der Waals surface area (Å²) in [5.41, 5.74) is 0. The van der Waals surface area contributed by atoms with Crippen molar-refractivity contribution in [1.29, 1.82) is 0 Å². The molecule has 0 spiro atoms. The Morgan fingerprint density at radius 3 is 3.06 bits per heavy atom. The molecule has 1 aromatic rings. The van der Waals surface area contributed by atoms with E-state index >= 15 is 0 Å². The number of nitrogens with zero attached hydrogens (tertiary/aromatic N) is 3. The van der Waals surface area contributed by atoms with Gasteiger partial charge in [0.2, 0.25) is 0 Å². The fourth-order valence-corrected chi connectivity index (χ4v) is 2.38. The van der Waals surface area contributed by atoms with Crippen molar-refractivity contribution >= 4 is 0 Å². The molecule has 0 aliphatic carbocycles. The summed E-state index contributed by atoms with van der Waals surface area (Å²) in [7, 11) is 0. The van der Waals surface area contributed by atoms with Crippen LogP contribution >= 0.6 is 0 Å². The predicted molar refractivity (Wildman–Crippen MR) is 68.8 cm³/mol. The lowest BCUT2D eigenvalue weighted by atomic mass is 10.1. The standard InChI is InChI=1S/C13H24N4/c1-3-4-7-11(2)14-10-13-16-15-12-8-5-6-9-17(12)13/h11,14H,3-10H2,1-2H3. The van der Waals surface area contributed by atoms with Crippen molar-refractivity contribution in [2.75, 3.05) is 0 Å². The van der Waals surface area contributed by atoms with Crippen molar-refractivity contribution in [3.8, 4) is 0 Å². The third-order valence-electron chi connectivity index (χ3n) is 3.54. The summed E-state index contributed by atoms with van der Waals surface area (Å²) < 4.78 is 2.29. The summed E-state index contributed by atoms with van der Waals surface area (Å²) in [6, 6.07) is 0.575. The molecule has 1 unspecified atom stereocenters. The number of unbranched alkanes of at least 4 members (excludes halogenated alkanes) is 1. The second-order valence-electron chi connectivity index (χ2n) is 5.07. The number of aromatic nitrogens is 3. The van der Waals surface area contributed by atoms with Crippen LogP contribution in [0.5, 0.6) is 0 Å². The van der Waals surface area contributed by atoms with Gasteiger partial charge in [0.25, 0.3) is 0 Å². The Morgan fingerprint density at radius 1 is 1.35 bits per heavy atom. The van der Waals surface area contributed by atoms with E-state index in [0.29, 0.717) is 6.04 Å². The van der Waals surface area contributed by atoms with Gasteiger partial charge in [0.15, 0.2) is 0 Å². The molecule has 96 valence electrons. The smallest absolute Gasteiger partial charge is 0.147 e. The van der Waals surface area contributed by atoms with Crippen LogP contribution in [0.4, 0.5) is 0 Å². The Kier molecular flexibility index (Phi) is 4.54. The first kappa shape index (κ1) is 12.6. The summed E-state index contributed by atoms with van der Waals surface area (Å²) in [5, 5.41) is 12.1. The van der Waals surface area contributed by atoms with E-state index < -0.39 is 0 Å². The Morgan fingerprint density at radius 2 is 2.24 bits per heavy atom. The molecule has 0 saturated heterocycles. The maximum Gasteiger partial charge on any atom is 0.147 e. The first-order chi connectivity index (χ1) is 8.31. The summed E-state index contributed by atoms with van der Waals surface area (Å²) in [5.74, 6) is 2.29. The third kappa shape index (κ3) is 3.28. The van der Waals surface area contributed by atoms with Crippen LogP contribution in [0.15, 0.2) is 0 Å². The summed E-state index contributed by atoms with van der Waals surface area (Å²) in [6.45, 7) is 6.45. The van der Waals surface area contributed by atoms with Crippen molar-refractivity contribution < 1.29 is 0 Å². The minimum Gasteiger partial charge on any atom is -0.314 e. The molecule has 1 aromatic heterocycles. The summed E-state index contributed by atoms with van der Waals surface area (Å²) >= 11 is 0. The molecule has 1 aliphatic rings. The van der Waals surface area contributed by atoms with Crippen molar-refractivity contribution in [3.63, 3.8) is 0 Å². The van der Waals surface area contributed by atoms with Crippen LogP contribution in [0.2, 0.25) is 0 Å². The molecule has 0 aromatic carbocycles. The topological polar surface area (TPSA) is 42.7 Å². The van der Waals surface area contributed by atoms with Crippen molar-refractivity contribution in [2.24, 2.45) is 0 Å². The molecule has 1 atom stereocenters. The van der Waals surface area contributed by atoms with Gasteiger partial charge in [-0.3, -0.25) is 0 Å². The quantitative estimate of drug-likeness (QED) is 0.824. The highest BCUT2D eigenvalue weighted by molar-refractivity contribution is 4.98. The number of fused-ring (bicyclic) bond motifs is 1. The van der Waals surface area contributed by atoms with E-state index in [2.05, 4.69) is 33.9 Å². The zero-order valence-corrected chi connectivity index (χ0v) is 11.1. The van der Waals surface area contributed by atoms with Crippen molar-refractivity contribution in [2.45, 2.75) is 71.5 Å². The molecular formula is C13H24N4. The SMILES string of the molecule is CCCCC(C)NCc1nnc2n1CCCC2. The number of rotatable bonds is 6. The zero-order valence-electron chi connectivity index (χ0n) is 11.1. The van der Waals surface area contributed by atoms with E-state index in [9.17, 15) is 0 Å². The molecule has 0 fully saturated rings. The second-order valence-corrected chi connectivity index (χ2v) is 5.07. The highest BCUT2D eigenvalue weighted by Gasteiger charge is 2.15. The van der Waals surface area contributed by atoms with Crippen LogP contribution in [-0.2, 0) is 19.5 Å². The summed E-state index contributed by atoms with van der Waals surface area (Å²) in [4.78, 5) is 0. The van der Waals surface area contributed by atoms with E-state index in [-0.39, 0.29) is 0 Å². The van der Waals surface area contributed by atoms with Gasteiger partial charge >= 0.3 is 0 Å². The van der Waals surface area contributed by atoms with Crippen molar-refractivity contribution in [1.82, 2.24) is 20.1 Å². The first-order valence-electron chi connectivity index (χ1n) is 6.95. The van der Waals surface area contributed by atoms with Crippen LogP contribution < -0.4 is 5.32 Å². The molecular weight excluding hydrogens is 212 g/mol. The number of aryl methyl sites for hydroxylation is 1. The lowest BCUT2D eigenvalue weighted by Crippen LogP contribution is -2.27. The maximum atomic E-state index is 4.30. The Labute approximate surface area is 104 Å². The number of hydrogen-bond donors (Lipinski definition) is 1. The van der Waals surface area contributed by atoms with Gasteiger partial charge in [-0.2, -0.15) is 0 Å². The van der Waals surface area contributed by atoms with E-state index in [0.717, 1.165) is 25.3 Å². The minimum absolute atomic E-state index is 0.575. The first-order valence-corrected chi connectivity index (χ1v) is 6.95. The molecule has 2 rings (SSSR count). The average Bonchev–Trinajstić information content (AvgIpc) is 2.77. The molecule has 1 aliphatic heterocycles. The Hall–Kier alpha value is -0.900. The normalized spacial score (nSPS) is 16.8. The molecule has 1 N–H and O–H groups in total. The molecule has 2 heterocycles. The molecule has 0 amide bonds. The Bertz CT molecular complexity index is 345. The Balaban J connectivity index is 1.84. The van der Waals surface area contributed by atoms with Gasteiger partial charge in [-0.1, -0.05) is 19.8 Å². The molecule has 0 radical (unpaired) electrons. The maximum absolute atomic E-state index is 4.30. The van der Waals surface area contributed by atoms with E-state index in [4.69, 9.17) is 0 Å². The van der Waals surface area contributed by atoms with Gasteiger partial charge in [0.1, 0.15) is 11.6 Å². The lowest BCUT2D eigenvalue weighted by Gasteiger charge is -2.16. The van der Waals surface area contributed by atoms with Crippen LogP contribution in [-0.4, -0.2) is 20.8 Å². The van der Waals surface area contributed by atoms with E-state index in [1.807, 2.05) is 0 Å². The molecule has 0 saturated carbocycles. The van der Waals surface area contributed by atoms with Crippen LogP contribution in [0.1, 0.15) is 57.6 Å². The van der Waals surface area contributed by atoms with Gasteiger partial charge in [-0.25, -0.2) is 0 Å². The fourth-order valence-electron chi connectivity index (χ4n) is 2.38. The molecule has 0 bridgehead atoms. The monoisotopic (exact) mass is 236 g/mol. The van der Waals surface area contributed by atoms with Crippen LogP contribution in [0.3, 0.4) is 0 Å². The van der Waals surface area contributed by atoms with Gasteiger partial charge < -0.3 is 9.88 Å².